The first-order chi connectivity index (χ1) is 49.1. The minimum Gasteiger partial charge on any atom is -0.462 e. The maximum Gasteiger partial charge on any atom is 0.472 e. The maximum absolute atomic E-state index is 13.1. The van der Waals surface area contributed by atoms with E-state index in [0.29, 0.717) is 25.7 Å². The number of ether oxygens (including phenoxy) is 4. The Labute approximate surface area is 619 Å². The van der Waals surface area contributed by atoms with Crippen LogP contribution >= 0.6 is 15.6 Å². The number of phosphoric acid groups is 2. The van der Waals surface area contributed by atoms with Crippen LogP contribution in [-0.2, 0) is 65.4 Å². The summed E-state index contributed by atoms with van der Waals surface area (Å²) in [7, 11) is -9.92. The van der Waals surface area contributed by atoms with Gasteiger partial charge >= 0.3 is 39.5 Å². The first-order valence-electron chi connectivity index (χ1n) is 42.7. The Balaban J connectivity index is 5.23. The van der Waals surface area contributed by atoms with Crippen LogP contribution in [0.4, 0.5) is 0 Å². The van der Waals surface area contributed by atoms with Gasteiger partial charge in [-0.3, -0.25) is 37.3 Å². The molecule has 19 heteroatoms. The Kier molecular flexibility index (Phi) is 73.5. The molecule has 0 fully saturated rings. The lowest BCUT2D eigenvalue weighted by Crippen LogP contribution is -2.30. The molecular weight excluding hydrogens is 1320 g/mol. The quantitative estimate of drug-likeness (QED) is 0.0222. The molecule has 0 radical (unpaired) electrons. The normalized spacial score (nSPS) is 14.1. The highest BCUT2D eigenvalue weighted by molar-refractivity contribution is 7.47. The summed E-state index contributed by atoms with van der Waals surface area (Å²) in [6.45, 7) is 7.39. The van der Waals surface area contributed by atoms with Crippen molar-refractivity contribution in [1.29, 1.82) is 0 Å². The molecule has 0 aromatic rings. The number of unbranched alkanes of at least 4 members (excludes halogenated alkanes) is 53. The molecule has 0 aliphatic carbocycles. The Morgan fingerprint density at radius 1 is 0.277 bits per heavy atom. The molecule has 0 spiro atoms. The summed E-state index contributed by atoms with van der Waals surface area (Å²) in [4.78, 5) is 73.0. The molecule has 3 unspecified atom stereocenters. The molecule has 0 saturated carbocycles. The van der Waals surface area contributed by atoms with Gasteiger partial charge in [0, 0.05) is 25.7 Å². The van der Waals surface area contributed by atoms with E-state index in [9.17, 15) is 43.2 Å². The van der Waals surface area contributed by atoms with Crippen LogP contribution in [0.25, 0.3) is 0 Å². The van der Waals surface area contributed by atoms with Crippen LogP contribution in [0.15, 0.2) is 0 Å². The van der Waals surface area contributed by atoms with Gasteiger partial charge in [0.2, 0.25) is 0 Å². The molecule has 0 rings (SSSR count). The molecule has 3 N–H and O–H groups in total. The van der Waals surface area contributed by atoms with E-state index in [1.54, 1.807) is 0 Å². The summed E-state index contributed by atoms with van der Waals surface area (Å²) in [5.41, 5.74) is 0. The molecule has 600 valence electrons. The number of carbonyl (C=O) groups is 4. The van der Waals surface area contributed by atoms with Crippen molar-refractivity contribution in [2.24, 2.45) is 5.92 Å². The summed E-state index contributed by atoms with van der Waals surface area (Å²) in [6.07, 6.45) is 66.4. The highest BCUT2D eigenvalue weighted by atomic mass is 31.2. The van der Waals surface area contributed by atoms with Crippen LogP contribution in [0.3, 0.4) is 0 Å². The van der Waals surface area contributed by atoms with Crippen molar-refractivity contribution in [3.8, 4) is 0 Å². The van der Waals surface area contributed by atoms with Gasteiger partial charge in [0.25, 0.3) is 0 Å². The van der Waals surface area contributed by atoms with Gasteiger partial charge in [0.1, 0.15) is 19.3 Å². The summed E-state index contributed by atoms with van der Waals surface area (Å²) in [5.74, 6) is -1.25. The van der Waals surface area contributed by atoms with Crippen molar-refractivity contribution in [3.63, 3.8) is 0 Å². The largest absolute Gasteiger partial charge is 0.472 e. The third-order valence-corrected chi connectivity index (χ3v) is 21.5. The predicted octanol–water partition coefficient (Wildman–Crippen LogP) is 24.8. The monoisotopic (exact) mass is 1480 g/mol. The molecule has 0 bridgehead atoms. The second-order valence-electron chi connectivity index (χ2n) is 29.8. The molecule has 0 aromatic heterocycles. The van der Waals surface area contributed by atoms with Crippen molar-refractivity contribution >= 4 is 39.5 Å². The number of esters is 4. The van der Waals surface area contributed by atoms with Crippen LogP contribution in [0.1, 0.15) is 439 Å². The standard InChI is InChI=1S/C82H160O17P2/c1-6-10-13-16-19-22-25-27-29-30-31-32-33-39-43-48-53-58-63-68-82(87)99-78(72-93-80(85)66-61-56-51-46-41-38-35-34-36-40-44-49-54-59-64-75(5)9-4)74-97-101(90,91)95-70-76(83)69-94-100(88,89)96-73-77(71-92-79(84)65-60-55-50-45-24-21-18-15-12-8-3)98-81(86)67-62-57-52-47-42-37-28-26-23-20-17-14-11-7-2/h75-78,83H,6-74H2,1-5H3,(H,88,89)(H,90,91)/t75?,76-,77+,78+/m0/s1. The Hall–Kier alpha value is -1.94. The summed E-state index contributed by atoms with van der Waals surface area (Å²) < 4.78 is 68.7. The van der Waals surface area contributed by atoms with E-state index in [-0.39, 0.29) is 25.7 Å². The van der Waals surface area contributed by atoms with Crippen molar-refractivity contribution in [3.05, 3.63) is 0 Å². The Morgan fingerprint density at radius 2 is 0.475 bits per heavy atom. The summed E-state index contributed by atoms with van der Waals surface area (Å²) >= 11 is 0. The van der Waals surface area contributed by atoms with E-state index in [0.717, 1.165) is 95.8 Å². The number of phosphoric ester groups is 2. The average Bonchev–Trinajstić information content (AvgIpc) is 0.935. The molecule has 0 heterocycles. The second kappa shape index (κ2) is 74.9. The minimum absolute atomic E-state index is 0.108. The summed E-state index contributed by atoms with van der Waals surface area (Å²) in [6, 6.07) is 0. The number of hydrogen-bond donors (Lipinski definition) is 3. The predicted molar refractivity (Wildman–Crippen MR) is 414 cm³/mol. The molecule has 101 heavy (non-hydrogen) atoms. The molecular formula is C82H160O17P2. The molecule has 0 aliphatic rings. The third-order valence-electron chi connectivity index (χ3n) is 19.6. The molecule has 6 atom stereocenters. The molecule has 0 aromatic carbocycles. The van der Waals surface area contributed by atoms with E-state index < -0.39 is 97.5 Å². The molecule has 0 aliphatic heterocycles. The van der Waals surface area contributed by atoms with Gasteiger partial charge in [-0.2, -0.15) is 0 Å². The van der Waals surface area contributed by atoms with E-state index in [2.05, 4.69) is 34.6 Å². The fourth-order valence-corrected chi connectivity index (χ4v) is 14.3. The van der Waals surface area contributed by atoms with Gasteiger partial charge in [-0.25, -0.2) is 9.13 Å². The van der Waals surface area contributed by atoms with Gasteiger partial charge in [-0.15, -0.1) is 0 Å². The zero-order valence-electron chi connectivity index (χ0n) is 66.1. The van der Waals surface area contributed by atoms with E-state index in [1.807, 2.05) is 0 Å². The SMILES string of the molecule is CCCCCCCCCCCCCCCCCCCCCC(=O)O[C@H](COC(=O)CCCCCCCCCCCCCCCCC(C)CC)COP(=O)(O)OC[C@@H](O)COP(=O)(O)OC[C@@H](COC(=O)CCCCCCCCCCCC)OC(=O)CCCCCCCCCCCCCCCC. The minimum atomic E-state index is -4.96. The van der Waals surface area contributed by atoms with Gasteiger partial charge < -0.3 is 33.8 Å². The number of aliphatic hydroxyl groups is 1. The first-order valence-corrected chi connectivity index (χ1v) is 45.7. The van der Waals surface area contributed by atoms with Gasteiger partial charge in [-0.1, -0.05) is 388 Å². The summed E-state index contributed by atoms with van der Waals surface area (Å²) in [5, 5.41) is 10.6. The number of hydrogen-bond acceptors (Lipinski definition) is 15. The molecule has 0 amide bonds. The van der Waals surface area contributed by atoms with Crippen LogP contribution in [0.5, 0.6) is 0 Å². The lowest BCUT2D eigenvalue weighted by Gasteiger charge is -2.21. The highest BCUT2D eigenvalue weighted by Crippen LogP contribution is 2.45. The van der Waals surface area contributed by atoms with Crippen LogP contribution in [-0.4, -0.2) is 96.7 Å². The van der Waals surface area contributed by atoms with Gasteiger partial charge in [0.15, 0.2) is 12.2 Å². The van der Waals surface area contributed by atoms with Crippen LogP contribution < -0.4 is 0 Å². The van der Waals surface area contributed by atoms with Crippen molar-refractivity contribution < 1.29 is 80.2 Å². The van der Waals surface area contributed by atoms with Crippen molar-refractivity contribution in [2.75, 3.05) is 39.6 Å². The highest BCUT2D eigenvalue weighted by Gasteiger charge is 2.30. The second-order valence-corrected chi connectivity index (χ2v) is 32.7. The van der Waals surface area contributed by atoms with Gasteiger partial charge in [-0.05, 0) is 31.6 Å². The fourth-order valence-electron chi connectivity index (χ4n) is 12.7. The van der Waals surface area contributed by atoms with E-state index in [1.165, 1.54) is 263 Å². The first kappa shape index (κ1) is 99.1. The maximum atomic E-state index is 13.1. The van der Waals surface area contributed by atoms with Crippen molar-refractivity contribution in [2.45, 2.75) is 457 Å². The van der Waals surface area contributed by atoms with Gasteiger partial charge in [0.05, 0.1) is 26.4 Å². The smallest absolute Gasteiger partial charge is 0.462 e. The lowest BCUT2D eigenvalue weighted by atomic mass is 9.99. The van der Waals surface area contributed by atoms with E-state index in [4.69, 9.17) is 37.0 Å². The number of aliphatic hydroxyl groups excluding tert-OH is 1. The third kappa shape index (κ3) is 74.7. The van der Waals surface area contributed by atoms with Crippen LogP contribution in [0.2, 0.25) is 0 Å². The van der Waals surface area contributed by atoms with E-state index >= 15 is 0 Å². The number of carbonyl (C=O) groups excluding carboxylic acids is 4. The Morgan fingerprint density at radius 3 is 0.703 bits per heavy atom. The fraction of sp³-hybridized carbons (Fsp3) is 0.951. The van der Waals surface area contributed by atoms with Crippen LogP contribution in [0, 0.1) is 5.92 Å². The Bertz CT molecular complexity index is 1930. The zero-order chi connectivity index (χ0) is 74.1. The molecule has 17 nitrogen and oxygen atoms in total. The topological polar surface area (TPSA) is 237 Å². The lowest BCUT2D eigenvalue weighted by molar-refractivity contribution is -0.161. The zero-order valence-corrected chi connectivity index (χ0v) is 67.8. The number of rotatable bonds is 82. The average molecular weight is 1480 g/mol. The molecule has 0 saturated heterocycles. The van der Waals surface area contributed by atoms with Crippen molar-refractivity contribution in [1.82, 2.24) is 0 Å².